The maximum atomic E-state index is 12.4. The Morgan fingerprint density at radius 2 is 1.88 bits per heavy atom. The number of rotatable bonds is 4. The van der Waals surface area contributed by atoms with Crippen molar-refractivity contribution in [1.29, 1.82) is 0 Å². The van der Waals surface area contributed by atoms with Gasteiger partial charge in [0.2, 0.25) is 5.43 Å². The maximum Gasteiger partial charge on any atom is 0.330 e. The zero-order valence-corrected chi connectivity index (χ0v) is 12.8. The fourth-order valence-electron chi connectivity index (χ4n) is 2.38. The van der Waals surface area contributed by atoms with Gasteiger partial charge in [0.05, 0.1) is 5.52 Å². The number of phenols is 1. The van der Waals surface area contributed by atoms with Crippen molar-refractivity contribution in [1.82, 2.24) is 15.3 Å². The molecule has 0 aliphatic rings. The predicted octanol–water partition coefficient (Wildman–Crippen LogP) is 1.18. The monoisotopic (exact) mass is 339 g/mol. The number of aromatic nitrogens is 2. The van der Waals surface area contributed by atoms with Gasteiger partial charge in [-0.2, -0.15) is 0 Å². The number of pyridine rings is 2. The van der Waals surface area contributed by atoms with Gasteiger partial charge in [-0.15, -0.1) is 0 Å². The molecule has 126 valence electrons. The number of nitrogens with zero attached hydrogens (tertiary/aromatic N) is 1. The molecule has 0 bridgehead atoms. The summed E-state index contributed by atoms with van der Waals surface area (Å²) in [6.45, 7) is 0. The van der Waals surface area contributed by atoms with Crippen LogP contribution in [0.1, 0.15) is 22.0 Å². The molecule has 1 amide bonds. The summed E-state index contributed by atoms with van der Waals surface area (Å²) in [7, 11) is 0. The number of carbonyl (C=O) groups excluding carboxylic acids is 1. The molecule has 0 saturated heterocycles. The number of amides is 1. The molecule has 0 aliphatic carbocycles. The Labute approximate surface area is 140 Å². The minimum Gasteiger partial charge on any atom is -0.508 e. The van der Waals surface area contributed by atoms with Crippen LogP contribution in [-0.2, 0) is 4.79 Å². The lowest BCUT2D eigenvalue weighted by Gasteiger charge is -2.15. The van der Waals surface area contributed by atoms with Crippen molar-refractivity contribution >= 4 is 22.9 Å². The standard InChI is InChI=1S/C17H13N3O5/c21-10-5-3-9(4-6-10)13(17(24)25)20-16(23)11-8-19-12-2-1-7-18-14(12)15(11)22/h1-8,13,21H,(H,19,22)(H,20,23)(H,24,25). The van der Waals surface area contributed by atoms with E-state index in [1.807, 2.05) is 0 Å². The van der Waals surface area contributed by atoms with Crippen molar-refractivity contribution in [3.8, 4) is 5.75 Å². The van der Waals surface area contributed by atoms with Crippen molar-refractivity contribution in [3.63, 3.8) is 0 Å². The van der Waals surface area contributed by atoms with Crippen LogP contribution in [0, 0.1) is 0 Å². The second-order valence-corrected chi connectivity index (χ2v) is 5.27. The Bertz CT molecular complexity index is 1010. The van der Waals surface area contributed by atoms with Crippen molar-refractivity contribution in [2.24, 2.45) is 0 Å². The Balaban J connectivity index is 1.94. The molecule has 0 aliphatic heterocycles. The lowest BCUT2D eigenvalue weighted by atomic mass is 10.1. The first-order chi connectivity index (χ1) is 12.0. The van der Waals surface area contributed by atoms with Crippen molar-refractivity contribution in [3.05, 3.63) is 70.1 Å². The molecule has 1 aromatic carbocycles. The van der Waals surface area contributed by atoms with Gasteiger partial charge in [-0.05, 0) is 29.8 Å². The van der Waals surface area contributed by atoms with Gasteiger partial charge >= 0.3 is 5.97 Å². The van der Waals surface area contributed by atoms with Gasteiger partial charge in [0.1, 0.15) is 16.8 Å². The first kappa shape index (κ1) is 16.2. The van der Waals surface area contributed by atoms with E-state index in [2.05, 4.69) is 15.3 Å². The second-order valence-electron chi connectivity index (χ2n) is 5.27. The Kier molecular flexibility index (Phi) is 4.17. The highest BCUT2D eigenvalue weighted by atomic mass is 16.4. The number of fused-ring (bicyclic) bond motifs is 1. The average molecular weight is 339 g/mol. The highest BCUT2D eigenvalue weighted by molar-refractivity contribution is 5.98. The minimum atomic E-state index is -1.37. The van der Waals surface area contributed by atoms with Crippen LogP contribution >= 0.6 is 0 Å². The van der Waals surface area contributed by atoms with Crippen LogP contribution in [0.15, 0.2) is 53.6 Å². The molecule has 0 radical (unpaired) electrons. The van der Waals surface area contributed by atoms with Crippen molar-refractivity contribution < 1.29 is 19.8 Å². The topological polar surface area (TPSA) is 132 Å². The largest absolute Gasteiger partial charge is 0.508 e. The van der Waals surface area contributed by atoms with E-state index in [4.69, 9.17) is 0 Å². The lowest BCUT2D eigenvalue weighted by Crippen LogP contribution is -2.36. The van der Waals surface area contributed by atoms with Crippen LogP contribution in [-0.4, -0.2) is 32.1 Å². The highest BCUT2D eigenvalue weighted by Gasteiger charge is 2.24. The van der Waals surface area contributed by atoms with Gasteiger partial charge in [0, 0.05) is 12.4 Å². The Morgan fingerprint density at radius 3 is 2.56 bits per heavy atom. The summed E-state index contributed by atoms with van der Waals surface area (Å²) in [6.07, 6.45) is 2.65. The molecule has 3 rings (SSSR count). The van der Waals surface area contributed by atoms with E-state index in [9.17, 15) is 24.6 Å². The molecule has 4 N–H and O–H groups in total. The fraction of sp³-hybridized carbons (Fsp3) is 0.0588. The molecule has 3 aromatic rings. The first-order valence-corrected chi connectivity index (χ1v) is 7.26. The van der Waals surface area contributed by atoms with E-state index >= 15 is 0 Å². The number of carboxylic acids is 1. The molecular weight excluding hydrogens is 326 g/mol. The van der Waals surface area contributed by atoms with Gasteiger partial charge in [-0.1, -0.05) is 12.1 Å². The average Bonchev–Trinajstić information content (AvgIpc) is 2.61. The SMILES string of the molecule is O=C(NC(C(=O)O)c1ccc(O)cc1)c1c[nH]c2cccnc2c1=O. The van der Waals surface area contributed by atoms with E-state index in [0.717, 1.165) is 0 Å². The summed E-state index contributed by atoms with van der Waals surface area (Å²) >= 11 is 0. The summed E-state index contributed by atoms with van der Waals surface area (Å²) in [5.74, 6) is -2.17. The third-order valence-corrected chi connectivity index (χ3v) is 3.63. The number of benzene rings is 1. The smallest absolute Gasteiger partial charge is 0.330 e. The normalized spacial score (nSPS) is 11.8. The molecule has 2 heterocycles. The number of aliphatic carboxylic acids is 1. The quantitative estimate of drug-likeness (QED) is 0.564. The molecule has 1 unspecified atom stereocenters. The summed E-state index contributed by atoms with van der Waals surface area (Å²) in [5, 5.41) is 21.0. The van der Waals surface area contributed by atoms with Crippen molar-refractivity contribution in [2.75, 3.05) is 0 Å². The second kappa shape index (κ2) is 6.44. The number of carbonyl (C=O) groups is 2. The summed E-state index contributed by atoms with van der Waals surface area (Å²) < 4.78 is 0. The van der Waals surface area contributed by atoms with Gasteiger partial charge in [0.15, 0.2) is 6.04 Å². The van der Waals surface area contributed by atoms with Crippen LogP contribution in [0.4, 0.5) is 0 Å². The molecule has 0 fully saturated rings. The van der Waals surface area contributed by atoms with Gasteiger partial charge in [-0.25, -0.2) is 4.79 Å². The number of carboxylic acid groups (broad SMARTS) is 1. The van der Waals surface area contributed by atoms with E-state index in [1.165, 1.54) is 36.7 Å². The first-order valence-electron chi connectivity index (χ1n) is 7.26. The zero-order chi connectivity index (χ0) is 18.0. The number of H-pyrrole nitrogens is 1. The fourth-order valence-corrected chi connectivity index (χ4v) is 2.38. The molecule has 0 saturated carbocycles. The lowest BCUT2D eigenvalue weighted by molar-refractivity contribution is -0.139. The number of nitrogens with one attached hydrogen (secondary N) is 2. The zero-order valence-electron chi connectivity index (χ0n) is 12.8. The summed E-state index contributed by atoms with van der Waals surface area (Å²) in [5.41, 5.74) is -0.0176. The van der Waals surface area contributed by atoms with Gasteiger partial charge in [0.25, 0.3) is 5.91 Å². The Hall–Kier alpha value is -3.68. The van der Waals surface area contributed by atoms with Crippen LogP contribution in [0.2, 0.25) is 0 Å². The third-order valence-electron chi connectivity index (χ3n) is 3.63. The molecule has 8 heteroatoms. The molecule has 25 heavy (non-hydrogen) atoms. The summed E-state index contributed by atoms with van der Waals surface area (Å²) in [4.78, 5) is 43.0. The number of hydrogen-bond donors (Lipinski definition) is 4. The maximum absolute atomic E-state index is 12.4. The van der Waals surface area contributed by atoms with E-state index in [-0.39, 0.29) is 22.4 Å². The molecule has 8 nitrogen and oxygen atoms in total. The van der Waals surface area contributed by atoms with Gasteiger partial charge in [-0.3, -0.25) is 14.6 Å². The minimum absolute atomic E-state index is 0.0312. The van der Waals surface area contributed by atoms with Crippen molar-refractivity contribution in [2.45, 2.75) is 6.04 Å². The highest BCUT2D eigenvalue weighted by Crippen LogP contribution is 2.17. The van der Waals surface area contributed by atoms with E-state index in [1.54, 1.807) is 12.1 Å². The predicted molar refractivity (Wildman–Crippen MR) is 88.3 cm³/mol. The molecule has 0 spiro atoms. The molecule has 1 atom stereocenters. The summed E-state index contributed by atoms with van der Waals surface area (Å²) in [6, 6.07) is 7.28. The van der Waals surface area contributed by atoms with Gasteiger partial charge < -0.3 is 20.5 Å². The van der Waals surface area contributed by atoms with E-state index < -0.39 is 23.3 Å². The van der Waals surface area contributed by atoms with Crippen LogP contribution in [0.25, 0.3) is 11.0 Å². The molecular formula is C17H13N3O5. The number of aromatic hydroxyl groups is 1. The number of hydrogen-bond acceptors (Lipinski definition) is 5. The van der Waals surface area contributed by atoms with Crippen LogP contribution in [0.3, 0.4) is 0 Å². The molecule has 2 aromatic heterocycles. The number of aromatic amines is 1. The van der Waals surface area contributed by atoms with E-state index in [0.29, 0.717) is 5.52 Å². The van der Waals surface area contributed by atoms with Crippen LogP contribution < -0.4 is 10.7 Å². The Morgan fingerprint density at radius 1 is 1.16 bits per heavy atom. The number of phenolic OH excluding ortho intramolecular Hbond substituents is 1. The van der Waals surface area contributed by atoms with Crippen LogP contribution in [0.5, 0.6) is 5.75 Å². The third kappa shape index (κ3) is 3.18.